The van der Waals surface area contributed by atoms with Gasteiger partial charge in [0.2, 0.25) is 10.0 Å². The zero-order valence-corrected chi connectivity index (χ0v) is 15.5. The molecule has 1 fully saturated rings. The quantitative estimate of drug-likeness (QED) is 0.799. The SMILES string of the molecule is COc1ccc(N)c(NC(=O)c2ccc(N3CCCS3(=O)=O)cc2C)c1. The molecule has 3 rings (SSSR count). The highest BCUT2D eigenvalue weighted by Gasteiger charge is 2.28. The van der Waals surface area contributed by atoms with E-state index in [-0.39, 0.29) is 11.7 Å². The minimum atomic E-state index is -3.25. The van der Waals surface area contributed by atoms with Gasteiger partial charge in [0, 0.05) is 18.2 Å². The number of nitrogens with zero attached hydrogens (tertiary/aromatic N) is 1. The number of hydrogen-bond donors (Lipinski definition) is 2. The van der Waals surface area contributed by atoms with Gasteiger partial charge >= 0.3 is 0 Å². The highest BCUT2D eigenvalue weighted by Crippen LogP contribution is 2.28. The number of hydrogen-bond acceptors (Lipinski definition) is 5. The first-order chi connectivity index (χ1) is 12.3. The number of sulfonamides is 1. The van der Waals surface area contributed by atoms with Crippen LogP contribution < -0.4 is 20.1 Å². The van der Waals surface area contributed by atoms with E-state index >= 15 is 0 Å². The van der Waals surface area contributed by atoms with Crippen molar-refractivity contribution in [2.75, 3.05) is 34.8 Å². The smallest absolute Gasteiger partial charge is 0.255 e. The lowest BCUT2D eigenvalue weighted by atomic mass is 10.1. The van der Waals surface area contributed by atoms with Gasteiger partial charge in [-0.2, -0.15) is 0 Å². The molecule has 7 nitrogen and oxygen atoms in total. The third-order valence-electron chi connectivity index (χ3n) is 4.35. The molecule has 0 saturated carbocycles. The third kappa shape index (κ3) is 3.45. The maximum Gasteiger partial charge on any atom is 0.255 e. The molecule has 1 aliphatic rings. The highest BCUT2D eigenvalue weighted by atomic mass is 32.2. The normalized spacial score (nSPS) is 15.7. The van der Waals surface area contributed by atoms with Crippen LogP contribution >= 0.6 is 0 Å². The summed E-state index contributed by atoms with van der Waals surface area (Å²) in [7, 11) is -1.72. The van der Waals surface area contributed by atoms with Gasteiger partial charge in [0.15, 0.2) is 0 Å². The van der Waals surface area contributed by atoms with E-state index in [1.54, 1.807) is 43.3 Å². The molecule has 8 heteroatoms. The molecule has 0 aliphatic carbocycles. The molecular weight excluding hydrogens is 354 g/mol. The highest BCUT2D eigenvalue weighted by molar-refractivity contribution is 7.93. The fourth-order valence-corrected chi connectivity index (χ4v) is 4.50. The summed E-state index contributed by atoms with van der Waals surface area (Å²) in [6, 6.07) is 10.0. The maximum atomic E-state index is 12.6. The van der Waals surface area contributed by atoms with Crippen molar-refractivity contribution >= 4 is 33.0 Å². The Morgan fingerprint density at radius 3 is 2.62 bits per heavy atom. The monoisotopic (exact) mass is 375 g/mol. The summed E-state index contributed by atoms with van der Waals surface area (Å²) in [5.41, 5.74) is 8.50. The number of aryl methyl sites for hydroxylation is 1. The lowest BCUT2D eigenvalue weighted by Crippen LogP contribution is -2.25. The van der Waals surface area contributed by atoms with Crippen LogP contribution in [0, 0.1) is 6.92 Å². The number of carbonyl (C=O) groups excluding carboxylic acids is 1. The first-order valence-corrected chi connectivity index (χ1v) is 9.78. The summed E-state index contributed by atoms with van der Waals surface area (Å²) in [4.78, 5) is 12.6. The van der Waals surface area contributed by atoms with Crippen molar-refractivity contribution in [3.8, 4) is 5.75 Å². The number of anilines is 3. The molecule has 2 aromatic rings. The second kappa shape index (κ2) is 6.87. The van der Waals surface area contributed by atoms with Crippen LogP contribution in [0.3, 0.4) is 0 Å². The van der Waals surface area contributed by atoms with Crippen molar-refractivity contribution in [1.29, 1.82) is 0 Å². The number of rotatable bonds is 4. The van der Waals surface area contributed by atoms with Gasteiger partial charge in [-0.05, 0) is 49.2 Å². The molecule has 0 radical (unpaired) electrons. The lowest BCUT2D eigenvalue weighted by Gasteiger charge is -2.18. The van der Waals surface area contributed by atoms with Gasteiger partial charge in [0.05, 0.1) is 29.9 Å². The number of nitrogens with two attached hydrogens (primary N) is 1. The molecule has 0 aromatic heterocycles. The Labute approximate surface area is 152 Å². The van der Waals surface area contributed by atoms with E-state index in [1.807, 2.05) is 0 Å². The Kier molecular flexibility index (Phi) is 4.78. The zero-order chi connectivity index (χ0) is 18.9. The van der Waals surface area contributed by atoms with Gasteiger partial charge in [0.1, 0.15) is 5.75 Å². The van der Waals surface area contributed by atoms with Gasteiger partial charge in [0.25, 0.3) is 5.91 Å². The van der Waals surface area contributed by atoms with Gasteiger partial charge in [-0.15, -0.1) is 0 Å². The number of amides is 1. The average molecular weight is 375 g/mol. The molecule has 26 heavy (non-hydrogen) atoms. The van der Waals surface area contributed by atoms with Gasteiger partial charge in [-0.1, -0.05) is 0 Å². The van der Waals surface area contributed by atoms with Crippen LogP contribution in [0.1, 0.15) is 22.3 Å². The fraction of sp³-hybridized carbons (Fsp3) is 0.278. The van der Waals surface area contributed by atoms with Crippen LogP contribution in [0.5, 0.6) is 5.75 Å². The van der Waals surface area contributed by atoms with E-state index < -0.39 is 10.0 Å². The number of benzene rings is 2. The first kappa shape index (κ1) is 18.1. The van der Waals surface area contributed by atoms with Crippen LogP contribution in [0.25, 0.3) is 0 Å². The molecule has 0 bridgehead atoms. The summed E-state index contributed by atoms with van der Waals surface area (Å²) in [5, 5.41) is 2.77. The molecule has 1 amide bonds. The Hall–Kier alpha value is -2.74. The molecule has 1 saturated heterocycles. The fourth-order valence-electron chi connectivity index (χ4n) is 2.95. The van der Waals surface area contributed by atoms with E-state index in [9.17, 15) is 13.2 Å². The minimum absolute atomic E-state index is 0.156. The molecule has 3 N–H and O–H groups in total. The van der Waals surface area contributed by atoms with Crippen LogP contribution in [0.2, 0.25) is 0 Å². The molecule has 0 atom stereocenters. The zero-order valence-electron chi connectivity index (χ0n) is 14.7. The van der Waals surface area contributed by atoms with E-state index in [1.165, 1.54) is 11.4 Å². The van der Waals surface area contributed by atoms with Crippen LogP contribution in [0.15, 0.2) is 36.4 Å². The third-order valence-corrected chi connectivity index (χ3v) is 6.22. The molecule has 0 unspecified atom stereocenters. The summed E-state index contributed by atoms with van der Waals surface area (Å²) in [5.74, 6) is 0.419. The number of methoxy groups -OCH3 is 1. The lowest BCUT2D eigenvalue weighted by molar-refractivity contribution is 0.102. The maximum absolute atomic E-state index is 12.6. The Bertz CT molecular complexity index is 957. The van der Waals surface area contributed by atoms with Crippen LogP contribution in [0.4, 0.5) is 17.1 Å². The summed E-state index contributed by atoms with van der Waals surface area (Å²) in [6.07, 6.45) is 0.610. The molecule has 2 aromatic carbocycles. The number of nitrogen functional groups attached to an aromatic ring is 1. The van der Waals surface area contributed by atoms with Crippen molar-refractivity contribution in [3.63, 3.8) is 0 Å². The second-order valence-electron chi connectivity index (χ2n) is 6.15. The summed E-state index contributed by atoms with van der Waals surface area (Å²) in [6.45, 7) is 2.24. The van der Waals surface area contributed by atoms with Crippen molar-refractivity contribution < 1.29 is 17.9 Å². The molecule has 1 aliphatic heterocycles. The molecule has 1 heterocycles. The van der Waals surface area contributed by atoms with Crippen molar-refractivity contribution in [1.82, 2.24) is 0 Å². The molecule has 138 valence electrons. The van der Waals surface area contributed by atoms with Gasteiger partial charge in [-0.25, -0.2) is 8.42 Å². The Morgan fingerprint density at radius 1 is 1.23 bits per heavy atom. The van der Waals surface area contributed by atoms with Crippen molar-refractivity contribution in [3.05, 3.63) is 47.5 Å². The standard InChI is InChI=1S/C18H21N3O4S/c1-12-10-13(21-8-3-9-26(21,23)24)4-6-15(12)18(22)20-17-11-14(25-2)5-7-16(17)19/h4-7,10-11H,3,8-9,19H2,1-2H3,(H,20,22). The van der Waals surface area contributed by atoms with Crippen molar-refractivity contribution in [2.45, 2.75) is 13.3 Å². The average Bonchev–Trinajstić information content (AvgIpc) is 2.95. The van der Waals surface area contributed by atoms with Crippen LogP contribution in [-0.4, -0.2) is 33.7 Å². The predicted molar refractivity (Wildman–Crippen MR) is 102 cm³/mol. The summed E-state index contributed by atoms with van der Waals surface area (Å²) >= 11 is 0. The van der Waals surface area contributed by atoms with E-state index in [2.05, 4.69) is 5.32 Å². The van der Waals surface area contributed by atoms with E-state index in [0.29, 0.717) is 46.9 Å². The van der Waals surface area contributed by atoms with E-state index in [4.69, 9.17) is 10.5 Å². The van der Waals surface area contributed by atoms with Crippen molar-refractivity contribution in [2.24, 2.45) is 0 Å². The first-order valence-electron chi connectivity index (χ1n) is 8.18. The number of nitrogens with one attached hydrogen (secondary N) is 1. The Morgan fingerprint density at radius 2 is 2.00 bits per heavy atom. The predicted octanol–water partition coefficient (Wildman–Crippen LogP) is 2.38. The van der Waals surface area contributed by atoms with Gasteiger partial charge < -0.3 is 15.8 Å². The number of ether oxygens (including phenoxy) is 1. The molecule has 0 spiro atoms. The second-order valence-corrected chi connectivity index (χ2v) is 8.16. The Balaban J connectivity index is 1.85. The van der Waals surface area contributed by atoms with Gasteiger partial charge in [-0.3, -0.25) is 9.10 Å². The number of carbonyl (C=O) groups is 1. The van der Waals surface area contributed by atoms with Crippen LogP contribution in [-0.2, 0) is 10.0 Å². The largest absolute Gasteiger partial charge is 0.497 e. The summed E-state index contributed by atoms with van der Waals surface area (Å²) < 4.78 is 30.6. The van der Waals surface area contributed by atoms with E-state index in [0.717, 1.165) is 0 Å². The topological polar surface area (TPSA) is 102 Å². The minimum Gasteiger partial charge on any atom is -0.497 e. The molecular formula is C18H21N3O4S.